The van der Waals surface area contributed by atoms with Crippen molar-refractivity contribution in [1.29, 1.82) is 5.26 Å². The molecule has 0 unspecified atom stereocenters. The first-order chi connectivity index (χ1) is 9.00. The van der Waals surface area contributed by atoms with Crippen molar-refractivity contribution in [2.24, 2.45) is 5.41 Å². The number of benzene rings is 1. The molecular formula is C16H21FN2. The van der Waals surface area contributed by atoms with Crippen molar-refractivity contribution < 1.29 is 4.39 Å². The predicted octanol–water partition coefficient (Wildman–Crippen LogP) is 3.76. The van der Waals surface area contributed by atoms with Gasteiger partial charge in [0.1, 0.15) is 11.9 Å². The molecule has 3 heteroatoms. The normalized spacial score (nSPS) is 19.1. The Morgan fingerprint density at radius 3 is 2.68 bits per heavy atom. The van der Waals surface area contributed by atoms with Crippen LogP contribution in [0.3, 0.4) is 0 Å². The van der Waals surface area contributed by atoms with E-state index < -0.39 is 5.82 Å². The van der Waals surface area contributed by atoms with Crippen molar-refractivity contribution in [1.82, 2.24) is 5.32 Å². The van der Waals surface area contributed by atoms with E-state index in [1.165, 1.54) is 31.7 Å². The summed E-state index contributed by atoms with van der Waals surface area (Å²) in [5, 5.41) is 12.3. The lowest BCUT2D eigenvalue weighted by Gasteiger charge is -2.34. The number of hydrogen-bond donors (Lipinski definition) is 1. The Morgan fingerprint density at radius 1 is 1.37 bits per heavy atom. The van der Waals surface area contributed by atoms with E-state index in [9.17, 15) is 4.39 Å². The molecule has 1 saturated carbocycles. The fourth-order valence-electron chi connectivity index (χ4n) is 2.63. The zero-order valence-electron chi connectivity index (χ0n) is 11.7. The van der Waals surface area contributed by atoms with Crippen molar-refractivity contribution in [2.45, 2.75) is 52.1 Å². The van der Waals surface area contributed by atoms with Crippen LogP contribution in [0.1, 0.15) is 50.7 Å². The highest BCUT2D eigenvalue weighted by Crippen LogP contribution is 2.35. The Balaban J connectivity index is 1.88. The highest BCUT2D eigenvalue weighted by Gasteiger charge is 2.26. The van der Waals surface area contributed by atoms with Crippen LogP contribution in [0.2, 0.25) is 0 Å². The smallest absolute Gasteiger partial charge is 0.140 e. The average molecular weight is 260 g/mol. The Bertz CT molecular complexity index is 478. The first kappa shape index (κ1) is 14.0. The van der Waals surface area contributed by atoms with Crippen LogP contribution in [0.4, 0.5) is 4.39 Å². The molecule has 2 nitrogen and oxygen atoms in total. The van der Waals surface area contributed by atoms with Crippen LogP contribution < -0.4 is 5.32 Å². The minimum absolute atomic E-state index is 0.129. The SMILES string of the molecule is CC1(C)CCC(NCc2ccc(F)c(C#N)c2)CC1. The summed E-state index contributed by atoms with van der Waals surface area (Å²) in [5.41, 5.74) is 1.58. The zero-order chi connectivity index (χ0) is 13.9. The summed E-state index contributed by atoms with van der Waals surface area (Å²) in [6.07, 6.45) is 4.88. The van der Waals surface area contributed by atoms with E-state index in [-0.39, 0.29) is 5.56 Å². The molecule has 0 radical (unpaired) electrons. The van der Waals surface area contributed by atoms with Crippen LogP contribution in [-0.4, -0.2) is 6.04 Å². The molecule has 0 amide bonds. The second-order valence-corrected chi connectivity index (χ2v) is 6.25. The van der Waals surface area contributed by atoms with Crippen molar-refractivity contribution in [2.75, 3.05) is 0 Å². The van der Waals surface area contributed by atoms with E-state index in [1.807, 2.05) is 6.07 Å². The lowest BCUT2D eigenvalue weighted by molar-refractivity contribution is 0.206. The standard InChI is InChI=1S/C16H21FN2/c1-16(2)7-5-14(6-8-16)19-11-12-3-4-15(17)13(9-12)10-18/h3-4,9,14,19H,5-8,11H2,1-2H3. The molecule has 0 spiro atoms. The Labute approximate surface area is 114 Å². The van der Waals surface area contributed by atoms with Crippen LogP contribution in [0.15, 0.2) is 18.2 Å². The van der Waals surface area contributed by atoms with Crippen molar-refractivity contribution in [3.8, 4) is 6.07 Å². The topological polar surface area (TPSA) is 35.8 Å². The van der Waals surface area contributed by atoms with Gasteiger partial charge in [-0.2, -0.15) is 5.26 Å². The molecule has 1 fully saturated rings. The molecule has 0 saturated heterocycles. The molecule has 0 atom stereocenters. The lowest BCUT2D eigenvalue weighted by Crippen LogP contribution is -2.35. The fourth-order valence-corrected chi connectivity index (χ4v) is 2.63. The lowest BCUT2D eigenvalue weighted by atomic mass is 9.75. The van der Waals surface area contributed by atoms with Gasteiger partial charge >= 0.3 is 0 Å². The van der Waals surface area contributed by atoms with Gasteiger partial charge in [-0.25, -0.2) is 4.39 Å². The third-order valence-corrected chi connectivity index (χ3v) is 4.09. The molecule has 1 aliphatic carbocycles. The average Bonchev–Trinajstić information content (AvgIpc) is 2.39. The summed E-state index contributed by atoms with van der Waals surface area (Å²) in [6.45, 7) is 5.35. The minimum atomic E-state index is -0.439. The molecule has 2 rings (SSSR count). The number of halogens is 1. The Hall–Kier alpha value is -1.40. The highest BCUT2D eigenvalue weighted by molar-refractivity contribution is 5.34. The van der Waals surface area contributed by atoms with E-state index in [2.05, 4.69) is 19.2 Å². The highest BCUT2D eigenvalue weighted by atomic mass is 19.1. The Morgan fingerprint density at radius 2 is 2.05 bits per heavy atom. The molecule has 1 aliphatic rings. The molecule has 102 valence electrons. The fraction of sp³-hybridized carbons (Fsp3) is 0.562. The molecule has 1 aromatic carbocycles. The molecule has 0 aromatic heterocycles. The number of nitrogens with one attached hydrogen (secondary N) is 1. The van der Waals surface area contributed by atoms with Gasteiger partial charge in [0.05, 0.1) is 5.56 Å². The number of rotatable bonds is 3. The van der Waals surface area contributed by atoms with Crippen LogP contribution in [0.25, 0.3) is 0 Å². The summed E-state index contributed by atoms with van der Waals surface area (Å²) in [7, 11) is 0. The predicted molar refractivity (Wildman–Crippen MR) is 74.0 cm³/mol. The number of hydrogen-bond acceptors (Lipinski definition) is 2. The largest absolute Gasteiger partial charge is 0.310 e. The third-order valence-electron chi connectivity index (χ3n) is 4.09. The Kier molecular flexibility index (Phi) is 4.21. The van der Waals surface area contributed by atoms with E-state index in [0.29, 0.717) is 18.0 Å². The first-order valence-corrected chi connectivity index (χ1v) is 6.92. The quantitative estimate of drug-likeness (QED) is 0.898. The van der Waals surface area contributed by atoms with E-state index >= 15 is 0 Å². The van der Waals surface area contributed by atoms with Gasteiger partial charge in [-0.05, 0) is 48.8 Å². The van der Waals surface area contributed by atoms with Gasteiger partial charge in [-0.3, -0.25) is 0 Å². The van der Waals surface area contributed by atoms with Gasteiger partial charge in [-0.15, -0.1) is 0 Å². The zero-order valence-corrected chi connectivity index (χ0v) is 11.7. The van der Waals surface area contributed by atoms with Gasteiger partial charge in [0.25, 0.3) is 0 Å². The van der Waals surface area contributed by atoms with Gasteiger partial charge in [0, 0.05) is 12.6 Å². The van der Waals surface area contributed by atoms with Crippen LogP contribution >= 0.6 is 0 Å². The van der Waals surface area contributed by atoms with Gasteiger partial charge in [0.15, 0.2) is 0 Å². The number of nitriles is 1. The molecule has 0 heterocycles. The van der Waals surface area contributed by atoms with Crippen molar-refractivity contribution >= 4 is 0 Å². The first-order valence-electron chi connectivity index (χ1n) is 6.92. The summed E-state index contributed by atoms with van der Waals surface area (Å²) >= 11 is 0. The summed E-state index contributed by atoms with van der Waals surface area (Å²) in [6, 6.07) is 7.18. The van der Waals surface area contributed by atoms with Gasteiger partial charge in [-0.1, -0.05) is 19.9 Å². The molecule has 0 bridgehead atoms. The molecule has 1 N–H and O–H groups in total. The van der Waals surface area contributed by atoms with E-state index in [0.717, 1.165) is 5.56 Å². The van der Waals surface area contributed by atoms with Crippen LogP contribution in [0, 0.1) is 22.6 Å². The van der Waals surface area contributed by atoms with Crippen molar-refractivity contribution in [3.63, 3.8) is 0 Å². The molecule has 1 aromatic rings. The van der Waals surface area contributed by atoms with Gasteiger partial charge < -0.3 is 5.32 Å². The molecular weight excluding hydrogens is 239 g/mol. The van der Waals surface area contributed by atoms with E-state index in [1.54, 1.807) is 12.1 Å². The molecule has 19 heavy (non-hydrogen) atoms. The third kappa shape index (κ3) is 3.78. The van der Waals surface area contributed by atoms with Crippen LogP contribution in [-0.2, 0) is 6.54 Å². The number of nitrogens with zero attached hydrogens (tertiary/aromatic N) is 1. The maximum Gasteiger partial charge on any atom is 0.140 e. The second-order valence-electron chi connectivity index (χ2n) is 6.25. The second kappa shape index (κ2) is 5.71. The minimum Gasteiger partial charge on any atom is -0.310 e. The van der Waals surface area contributed by atoms with Gasteiger partial charge in [0.2, 0.25) is 0 Å². The monoisotopic (exact) mass is 260 g/mol. The van der Waals surface area contributed by atoms with Crippen LogP contribution in [0.5, 0.6) is 0 Å². The maximum absolute atomic E-state index is 13.2. The summed E-state index contributed by atoms with van der Waals surface area (Å²) < 4.78 is 13.2. The van der Waals surface area contributed by atoms with Crippen molar-refractivity contribution in [3.05, 3.63) is 35.1 Å². The summed E-state index contributed by atoms with van der Waals surface area (Å²) in [5.74, 6) is -0.439. The molecule has 0 aliphatic heterocycles. The van der Waals surface area contributed by atoms with E-state index in [4.69, 9.17) is 5.26 Å². The maximum atomic E-state index is 13.2. The summed E-state index contributed by atoms with van der Waals surface area (Å²) in [4.78, 5) is 0.